The highest BCUT2D eigenvalue weighted by Gasteiger charge is 2.69. The number of ketones is 4. The molecule has 5 rings (SSSR count). The summed E-state index contributed by atoms with van der Waals surface area (Å²) in [7, 11) is 3.08. The zero-order chi connectivity index (χ0) is 30.7. The molecule has 2 fully saturated rings. The van der Waals surface area contributed by atoms with Crippen molar-refractivity contribution in [2.24, 2.45) is 29.4 Å². The van der Waals surface area contributed by atoms with Crippen molar-refractivity contribution in [3.8, 4) is 16.9 Å². The Morgan fingerprint density at radius 3 is 2.36 bits per heavy atom. The third kappa shape index (κ3) is 4.26. The Hall–Kier alpha value is -4.22. The van der Waals surface area contributed by atoms with Crippen molar-refractivity contribution in [2.75, 3.05) is 14.1 Å². The Morgan fingerprint density at radius 1 is 1.10 bits per heavy atom. The Balaban J connectivity index is 1.67. The first-order chi connectivity index (χ1) is 19.8. The number of likely N-dealkylation sites (N-methyl/N-ethyl adjacent to an activating group) is 1. The van der Waals surface area contributed by atoms with Gasteiger partial charge in [0.05, 0.1) is 17.5 Å². The largest absolute Gasteiger partial charge is 0.507 e. The van der Waals surface area contributed by atoms with Crippen molar-refractivity contribution < 1.29 is 39.0 Å². The topological polar surface area (TPSA) is 184 Å². The average Bonchev–Trinajstić information content (AvgIpc) is 2.94. The molecule has 0 aliphatic heterocycles. The summed E-state index contributed by atoms with van der Waals surface area (Å²) < 4.78 is 0. The standard InChI is InChI=1S/C31H33N3O8/c1-4-20(35)33-13-16-11-17(14-8-6-5-7-9-14)18-10-15-12-19-24(34(2)3)27(38)23(30(32)41)29(40)31(19,42)28(39)21(15)26(37)22(18)25(16)36/h5-9,11,15,19,21,23-24,36,42H,4,10,12-13H2,1-3H3,(H2,32,41)(H,33,35)/t15-,19-,21?,23?,24-,31-/m0/s1. The van der Waals surface area contributed by atoms with Gasteiger partial charge in [-0.15, -0.1) is 0 Å². The number of hydrogen-bond acceptors (Lipinski definition) is 9. The molecule has 6 atom stereocenters. The first-order valence-corrected chi connectivity index (χ1v) is 13.9. The van der Waals surface area contributed by atoms with E-state index >= 15 is 0 Å². The van der Waals surface area contributed by atoms with E-state index in [9.17, 15) is 39.0 Å². The van der Waals surface area contributed by atoms with Gasteiger partial charge < -0.3 is 21.3 Å². The van der Waals surface area contributed by atoms with E-state index in [0.29, 0.717) is 11.1 Å². The Bertz CT molecular complexity index is 1530. The summed E-state index contributed by atoms with van der Waals surface area (Å²) in [5.74, 6) is -11.3. The quantitative estimate of drug-likeness (QED) is 0.357. The van der Waals surface area contributed by atoms with E-state index in [4.69, 9.17) is 5.73 Å². The Morgan fingerprint density at radius 2 is 1.76 bits per heavy atom. The molecule has 2 aromatic rings. The highest BCUT2D eigenvalue weighted by atomic mass is 16.3. The van der Waals surface area contributed by atoms with Crippen LogP contribution in [0.15, 0.2) is 36.4 Å². The first-order valence-electron chi connectivity index (χ1n) is 13.9. The number of phenolic OH excluding ortho intramolecular Hbond substituents is 1. The second kappa shape index (κ2) is 10.6. The Kier molecular flexibility index (Phi) is 7.36. The van der Waals surface area contributed by atoms with E-state index in [1.54, 1.807) is 27.1 Å². The monoisotopic (exact) mass is 575 g/mol. The molecule has 0 saturated heterocycles. The number of primary amides is 1. The molecule has 2 aromatic carbocycles. The summed E-state index contributed by atoms with van der Waals surface area (Å²) in [5.41, 5.74) is 4.63. The number of nitrogens with zero attached hydrogens (tertiary/aromatic N) is 1. The minimum atomic E-state index is -2.79. The molecule has 2 saturated carbocycles. The van der Waals surface area contributed by atoms with Crippen molar-refractivity contribution in [3.63, 3.8) is 0 Å². The summed E-state index contributed by atoms with van der Waals surface area (Å²) in [4.78, 5) is 80.6. The van der Waals surface area contributed by atoms with Crippen LogP contribution in [0.5, 0.6) is 5.75 Å². The second-order valence-electron chi connectivity index (χ2n) is 11.6. The molecule has 11 heteroatoms. The van der Waals surface area contributed by atoms with Crippen molar-refractivity contribution in [1.29, 1.82) is 0 Å². The van der Waals surface area contributed by atoms with Gasteiger partial charge in [0, 0.05) is 24.4 Å². The Labute approximate surface area is 242 Å². The van der Waals surface area contributed by atoms with Gasteiger partial charge >= 0.3 is 0 Å². The average molecular weight is 576 g/mol. The summed E-state index contributed by atoms with van der Waals surface area (Å²) in [6.45, 7) is 1.61. The molecule has 2 unspecified atom stereocenters. The third-order valence-electron chi connectivity index (χ3n) is 9.02. The van der Waals surface area contributed by atoms with Crippen LogP contribution in [0.1, 0.15) is 41.3 Å². The van der Waals surface area contributed by atoms with E-state index in [1.807, 2.05) is 30.3 Å². The lowest BCUT2D eigenvalue weighted by molar-refractivity contribution is -0.181. The molecular weight excluding hydrogens is 542 g/mol. The van der Waals surface area contributed by atoms with Gasteiger partial charge in [0.25, 0.3) is 0 Å². The number of fused-ring (bicyclic) bond motifs is 3. The van der Waals surface area contributed by atoms with E-state index in [2.05, 4.69) is 5.32 Å². The van der Waals surface area contributed by atoms with Gasteiger partial charge in [0.15, 0.2) is 34.7 Å². The van der Waals surface area contributed by atoms with Gasteiger partial charge in [-0.25, -0.2) is 0 Å². The molecule has 42 heavy (non-hydrogen) atoms. The smallest absolute Gasteiger partial charge is 0.235 e. The molecule has 0 aromatic heterocycles. The lowest BCUT2D eigenvalue weighted by atomic mass is 9.52. The fraction of sp³-hybridized carbons (Fsp3) is 0.419. The predicted octanol–water partition coefficient (Wildman–Crippen LogP) is 0.560. The summed E-state index contributed by atoms with van der Waals surface area (Å²) in [6, 6.07) is 9.69. The molecule has 0 spiro atoms. The fourth-order valence-electron chi connectivity index (χ4n) is 7.06. The number of phenols is 1. The van der Waals surface area contributed by atoms with Crippen LogP contribution in [-0.2, 0) is 36.9 Å². The highest BCUT2D eigenvalue weighted by molar-refractivity contribution is 6.32. The molecule has 0 radical (unpaired) electrons. The van der Waals surface area contributed by atoms with Crippen molar-refractivity contribution >= 4 is 34.9 Å². The number of carbonyl (C=O) groups is 6. The fourth-order valence-corrected chi connectivity index (χ4v) is 7.06. The van der Waals surface area contributed by atoms with E-state index in [0.717, 1.165) is 5.56 Å². The van der Waals surface area contributed by atoms with Gasteiger partial charge in [-0.2, -0.15) is 0 Å². The normalized spacial score (nSPS) is 28.6. The van der Waals surface area contributed by atoms with Crippen molar-refractivity contribution in [3.05, 3.63) is 53.1 Å². The van der Waals surface area contributed by atoms with Gasteiger partial charge in [-0.05, 0) is 55.6 Å². The summed E-state index contributed by atoms with van der Waals surface area (Å²) in [6.07, 6.45) is 0.323. The molecule has 220 valence electrons. The summed E-state index contributed by atoms with van der Waals surface area (Å²) in [5, 5.41) is 25.8. The van der Waals surface area contributed by atoms with Crippen LogP contribution < -0.4 is 11.1 Å². The van der Waals surface area contributed by atoms with Gasteiger partial charge in [0.1, 0.15) is 5.75 Å². The number of hydrogen-bond donors (Lipinski definition) is 4. The summed E-state index contributed by atoms with van der Waals surface area (Å²) >= 11 is 0. The molecule has 5 N–H and O–H groups in total. The lowest BCUT2D eigenvalue weighted by Gasteiger charge is -2.52. The SMILES string of the molecule is CCC(=O)NCc1cc(-c2ccccc2)c2c(c1O)C(=O)C1C(=O)[C@]3(O)C(=O)C(C(N)=O)C(=O)[C@@H](N(C)C)[C@@H]3C[C@@H]1C2. The van der Waals surface area contributed by atoms with Gasteiger partial charge in [-0.1, -0.05) is 37.3 Å². The maximum absolute atomic E-state index is 14.2. The van der Waals surface area contributed by atoms with Crippen LogP contribution in [0.3, 0.4) is 0 Å². The number of aromatic hydroxyl groups is 1. The number of carbonyl (C=O) groups excluding carboxylic acids is 6. The highest BCUT2D eigenvalue weighted by Crippen LogP contribution is 2.52. The molecule has 3 aliphatic carbocycles. The van der Waals surface area contributed by atoms with Crippen LogP contribution in [0.25, 0.3) is 11.1 Å². The molecular formula is C31H33N3O8. The number of Topliss-reactive ketones (excluding diaryl/α,β-unsaturated/α-hetero) is 4. The number of amides is 2. The van der Waals surface area contributed by atoms with Crippen LogP contribution in [0, 0.1) is 23.7 Å². The van der Waals surface area contributed by atoms with Crippen molar-refractivity contribution in [1.82, 2.24) is 10.2 Å². The molecule has 3 aliphatic rings. The zero-order valence-electron chi connectivity index (χ0n) is 23.5. The number of nitrogens with one attached hydrogen (secondary N) is 1. The minimum Gasteiger partial charge on any atom is -0.507 e. The maximum atomic E-state index is 14.2. The minimum absolute atomic E-state index is 0.0345. The molecule has 0 heterocycles. The lowest BCUT2D eigenvalue weighted by Crippen LogP contribution is -2.74. The van der Waals surface area contributed by atoms with Gasteiger partial charge in [-0.3, -0.25) is 33.7 Å². The van der Waals surface area contributed by atoms with E-state index in [-0.39, 0.29) is 42.8 Å². The maximum Gasteiger partial charge on any atom is 0.235 e. The van der Waals surface area contributed by atoms with Crippen LogP contribution in [0.4, 0.5) is 0 Å². The molecule has 11 nitrogen and oxygen atoms in total. The number of aliphatic hydroxyl groups is 1. The number of benzene rings is 2. The van der Waals surface area contributed by atoms with Crippen molar-refractivity contribution in [2.45, 2.75) is 44.4 Å². The second-order valence-corrected chi connectivity index (χ2v) is 11.6. The first kappa shape index (κ1) is 29.3. The zero-order valence-corrected chi connectivity index (χ0v) is 23.5. The number of rotatable bonds is 6. The van der Waals surface area contributed by atoms with Crippen LogP contribution >= 0.6 is 0 Å². The third-order valence-corrected chi connectivity index (χ3v) is 9.02. The molecule has 2 amide bonds. The van der Waals surface area contributed by atoms with Crippen LogP contribution in [0.2, 0.25) is 0 Å². The van der Waals surface area contributed by atoms with E-state index in [1.165, 1.54) is 4.90 Å². The predicted molar refractivity (Wildman–Crippen MR) is 149 cm³/mol. The van der Waals surface area contributed by atoms with Gasteiger partial charge in [0.2, 0.25) is 11.8 Å². The van der Waals surface area contributed by atoms with Crippen LogP contribution in [-0.4, -0.2) is 75.8 Å². The van der Waals surface area contributed by atoms with E-state index < -0.39 is 70.1 Å². The number of nitrogens with two attached hydrogens (primary N) is 1. The molecule has 0 bridgehead atoms.